The Kier molecular flexibility index (Phi) is 4.86. The highest BCUT2D eigenvalue weighted by molar-refractivity contribution is 6.78. The van der Waals surface area contributed by atoms with Crippen LogP contribution < -0.4 is 0 Å². The van der Waals surface area contributed by atoms with Gasteiger partial charge in [-0.05, 0) is 13.0 Å². The molecule has 7 heteroatoms. The van der Waals surface area contributed by atoms with Gasteiger partial charge in [-0.3, -0.25) is 0 Å². The van der Waals surface area contributed by atoms with E-state index >= 15 is 0 Å². The summed E-state index contributed by atoms with van der Waals surface area (Å²) in [6, 6.07) is 0.937. The van der Waals surface area contributed by atoms with Crippen molar-refractivity contribution in [3.63, 3.8) is 0 Å². The van der Waals surface area contributed by atoms with Gasteiger partial charge >= 0.3 is 6.18 Å². The molecule has 1 unspecified atom stereocenters. The van der Waals surface area contributed by atoms with Crippen LogP contribution >= 0.6 is 0 Å². The lowest BCUT2D eigenvalue weighted by molar-refractivity contribution is -0.112. The van der Waals surface area contributed by atoms with Crippen LogP contribution in [-0.4, -0.2) is 29.9 Å². The molecule has 0 saturated carbocycles. The molecule has 0 radical (unpaired) electrons. The summed E-state index contributed by atoms with van der Waals surface area (Å²) in [5.41, 5.74) is -0.400. The molecule has 1 heterocycles. The second-order valence-electron chi connectivity index (χ2n) is 4.90. The number of nitrogens with zero attached hydrogens (tertiary/aromatic N) is 2. The van der Waals surface area contributed by atoms with Gasteiger partial charge in [0, 0.05) is 24.2 Å². The number of aromatic nitrogens is 2. The van der Waals surface area contributed by atoms with E-state index in [1.807, 2.05) is 0 Å². The molecule has 102 valence electrons. The summed E-state index contributed by atoms with van der Waals surface area (Å²) in [6.07, 6.45) is -0.972. The van der Waals surface area contributed by atoms with Gasteiger partial charge < -0.3 is 4.74 Å². The minimum Gasteiger partial charge on any atom is -0.374 e. The van der Waals surface area contributed by atoms with E-state index in [-0.39, 0.29) is 6.61 Å². The van der Waals surface area contributed by atoms with E-state index in [0.29, 0.717) is 5.82 Å². The molecular weight excluding hydrogens is 261 g/mol. The SMILES string of the molecule is CC(OCc1ncccn1)[Si](C)(C)CC(F)(F)F. The van der Waals surface area contributed by atoms with E-state index in [2.05, 4.69) is 9.97 Å². The largest absolute Gasteiger partial charge is 0.386 e. The van der Waals surface area contributed by atoms with Crippen LogP contribution in [0.3, 0.4) is 0 Å². The first-order valence-electron chi connectivity index (χ1n) is 5.65. The Balaban J connectivity index is 2.52. The maximum absolute atomic E-state index is 12.4. The van der Waals surface area contributed by atoms with Gasteiger partial charge in [-0.25, -0.2) is 9.97 Å². The number of hydrogen-bond donors (Lipinski definition) is 0. The Hall–Kier alpha value is -0.953. The van der Waals surface area contributed by atoms with Gasteiger partial charge in [-0.15, -0.1) is 0 Å². The standard InChI is InChI=1S/C11H17F3N2OSi/c1-9(18(2,3)8-11(12,13)14)17-7-10-15-5-4-6-16-10/h4-6,9H,7-8H2,1-3H3. The highest BCUT2D eigenvalue weighted by Gasteiger charge is 2.41. The maximum Gasteiger partial charge on any atom is 0.386 e. The van der Waals surface area contributed by atoms with Crippen molar-refractivity contribution in [2.45, 2.75) is 44.6 Å². The molecule has 0 aliphatic rings. The van der Waals surface area contributed by atoms with Crippen molar-refractivity contribution < 1.29 is 17.9 Å². The van der Waals surface area contributed by atoms with Crippen molar-refractivity contribution in [2.24, 2.45) is 0 Å². The predicted molar refractivity (Wildman–Crippen MR) is 64.6 cm³/mol. The fourth-order valence-corrected chi connectivity index (χ4v) is 3.35. The van der Waals surface area contributed by atoms with Crippen LogP contribution in [-0.2, 0) is 11.3 Å². The Morgan fingerprint density at radius 1 is 1.28 bits per heavy atom. The predicted octanol–water partition coefficient (Wildman–Crippen LogP) is 3.19. The number of rotatable bonds is 5. The zero-order valence-corrected chi connectivity index (χ0v) is 11.7. The second kappa shape index (κ2) is 5.79. The zero-order chi connectivity index (χ0) is 13.8. The summed E-state index contributed by atoms with van der Waals surface area (Å²) in [7, 11) is -2.50. The van der Waals surface area contributed by atoms with Crippen molar-refractivity contribution in [1.29, 1.82) is 0 Å². The fourth-order valence-electron chi connectivity index (χ4n) is 1.49. The monoisotopic (exact) mass is 278 g/mol. The number of hydrogen-bond acceptors (Lipinski definition) is 3. The highest BCUT2D eigenvalue weighted by atomic mass is 28.3. The third-order valence-electron chi connectivity index (χ3n) is 2.84. The summed E-state index contributed by atoms with van der Waals surface area (Å²) in [6.45, 7) is 5.20. The molecule has 1 aromatic rings. The summed E-state index contributed by atoms with van der Waals surface area (Å²) in [5, 5.41) is 0. The van der Waals surface area contributed by atoms with Gasteiger partial charge in [-0.1, -0.05) is 13.1 Å². The van der Waals surface area contributed by atoms with Crippen molar-refractivity contribution in [2.75, 3.05) is 0 Å². The molecule has 1 atom stereocenters. The summed E-state index contributed by atoms with van der Waals surface area (Å²) >= 11 is 0. The Morgan fingerprint density at radius 2 is 1.83 bits per heavy atom. The lowest BCUT2D eigenvalue weighted by Crippen LogP contribution is -2.44. The van der Waals surface area contributed by atoms with Crippen LogP contribution in [0.2, 0.25) is 19.1 Å². The molecule has 0 amide bonds. The minimum atomic E-state index is -4.13. The fraction of sp³-hybridized carbons (Fsp3) is 0.636. The maximum atomic E-state index is 12.4. The second-order valence-corrected chi connectivity index (χ2v) is 10.0. The first kappa shape index (κ1) is 15.1. The van der Waals surface area contributed by atoms with Crippen LogP contribution in [0.4, 0.5) is 13.2 Å². The Morgan fingerprint density at radius 3 is 2.33 bits per heavy atom. The van der Waals surface area contributed by atoms with Gasteiger partial charge in [-0.2, -0.15) is 13.2 Å². The van der Waals surface area contributed by atoms with Crippen LogP contribution in [0.5, 0.6) is 0 Å². The summed E-state index contributed by atoms with van der Waals surface area (Å²) < 4.78 is 42.8. The van der Waals surface area contributed by atoms with E-state index in [1.54, 1.807) is 38.5 Å². The summed E-state index contributed by atoms with van der Waals surface area (Å²) in [4.78, 5) is 7.93. The topological polar surface area (TPSA) is 35.0 Å². The average molecular weight is 278 g/mol. The van der Waals surface area contributed by atoms with Gasteiger partial charge in [0.2, 0.25) is 0 Å². The number of alkyl halides is 3. The highest BCUT2D eigenvalue weighted by Crippen LogP contribution is 2.30. The van der Waals surface area contributed by atoms with Crippen LogP contribution in [0, 0.1) is 0 Å². The van der Waals surface area contributed by atoms with Crippen LogP contribution in [0.15, 0.2) is 18.5 Å². The molecule has 0 saturated heterocycles. The van der Waals surface area contributed by atoms with E-state index in [9.17, 15) is 13.2 Å². The molecule has 0 bridgehead atoms. The third-order valence-corrected chi connectivity index (χ3v) is 6.52. The van der Waals surface area contributed by atoms with E-state index < -0.39 is 26.0 Å². The molecule has 0 aliphatic heterocycles. The van der Waals surface area contributed by atoms with Crippen molar-refractivity contribution in [3.05, 3.63) is 24.3 Å². The van der Waals surface area contributed by atoms with Crippen molar-refractivity contribution in [1.82, 2.24) is 9.97 Å². The Labute approximate surface area is 105 Å². The number of halogens is 3. The minimum absolute atomic E-state index is 0.149. The van der Waals surface area contributed by atoms with Crippen molar-refractivity contribution in [3.8, 4) is 0 Å². The van der Waals surface area contributed by atoms with E-state index in [1.165, 1.54) is 0 Å². The quantitative estimate of drug-likeness (QED) is 0.776. The molecule has 0 aromatic carbocycles. The molecule has 1 aromatic heterocycles. The van der Waals surface area contributed by atoms with Crippen LogP contribution in [0.1, 0.15) is 12.7 Å². The molecule has 3 nitrogen and oxygen atoms in total. The lowest BCUT2D eigenvalue weighted by Gasteiger charge is -2.30. The molecule has 0 spiro atoms. The average Bonchev–Trinajstić information content (AvgIpc) is 2.24. The molecular formula is C11H17F3N2OSi. The van der Waals surface area contributed by atoms with Gasteiger partial charge in [0.05, 0.1) is 8.07 Å². The lowest BCUT2D eigenvalue weighted by atomic mass is 10.6. The number of ether oxygens (including phenoxy) is 1. The smallest absolute Gasteiger partial charge is 0.374 e. The Bertz CT molecular complexity index is 370. The molecule has 1 rings (SSSR count). The molecule has 0 N–H and O–H groups in total. The van der Waals surface area contributed by atoms with E-state index in [0.717, 1.165) is 0 Å². The van der Waals surface area contributed by atoms with Gasteiger partial charge in [0.1, 0.15) is 6.61 Å². The molecule has 18 heavy (non-hydrogen) atoms. The summed E-state index contributed by atoms with van der Waals surface area (Å²) in [5.74, 6) is 0.487. The van der Waals surface area contributed by atoms with Crippen LogP contribution in [0.25, 0.3) is 0 Å². The zero-order valence-electron chi connectivity index (χ0n) is 10.7. The molecule has 0 aliphatic carbocycles. The van der Waals surface area contributed by atoms with Gasteiger partial charge in [0.25, 0.3) is 0 Å². The normalized spacial score (nSPS) is 14.6. The third kappa shape index (κ3) is 5.13. The first-order chi connectivity index (χ1) is 8.21. The van der Waals surface area contributed by atoms with E-state index in [4.69, 9.17) is 4.74 Å². The van der Waals surface area contributed by atoms with Crippen molar-refractivity contribution >= 4 is 8.07 Å². The molecule has 0 fully saturated rings. The van der Waals surface area contributed by atoms with Gasteiger partial charge in [0.15, 0.2) is 5.82 Å². The first-order valence-corrected chi connectivity index (χ1v) is 8.93.